The molecule has 0 spiro atoms. The van der Waals surface area contributed by atoms with Crippen LogP contribution in [0.5, 0.6) is 0 Å². The fourth-order valence-electron chi connectivity index (χ4n) is 7.04. The van der Waals surface area contributed by atoms with Crippen molar-refractivity contribution in [2.24, 2.45) is 34.0 Å². The van der Waals surface area contributed by atoms with Crippen molar-refractivity contribution in [3.63, 3.8) is 0 Å². The van der Waals surface area contributed by atoms with Crippen LogP contribution in [0.15, 0.2) is 56.5 Å². The van der Waals surface area contributed by atoms with Crippen LogP contribution in [0, 0.1) is 23.7 Å². The van der Waals surface area contributed by atoms with Crippen LogP contribution in [0.2, 0.25) is 0 Å². The number of hydrogen-bond donors (Lipinski definition) is 1. The predicted molar refractivity (Wildman–Crippen MR) is 180 cm³/mol. The summed E-state index contributed by atoms with van der Waals surface area (Å²) < 4.78 is 83.1. The molecule has 15 heteroatoms. The van der Waals surface area contributed by atoms with E-state index < -0.39 is 27.6 Å². The van der Waals surface area contributed by atoms with Crippen LogP contribution in [-0.4, -0.2) is 81.0 Å². The van der Waals surface area contributed by atoms with Gasteiger partial charge < -0.3 is 9.83 Å². The molecule has 5 atom stereocenters. The standard InChI is InChI=1S/C32H45N4O8PS2/c1-7-43-45(38,8-2)44-34-32-29-15-25(46(39,40)35-17-21(3)13-22(4)18-35)9-11-27(29)31(33-37)28-12-10-26(16-30(28)32)47(41,42)36-19-23(5)14-24(6)20-36/h9-12,15-16,21-24,37H,7-8,13-14,17-20H2,1-6H3/t21-,22+,23-,24+,45?. The number of hydrogen-bond acceptors (Lipinski definition) is 10. The predicted octanol–water partition coefficient (Wildman–Crippen LogP) is 5.58. The van der Waals surface area contributed by atoms with E-state index in [1.54, 1.807) is 13.8 Å². The van der Waals surface area contributed by atoms with Gasteiger partial charge in [0, 0.05) is 48.4 Å². The van der Waals surface area contributed by atoms with E-state index in [-0.39, 0.29) is 68.8 Å². The summed E-state index contributed by atoms with van der Waals surface area (Å²) in [5, 5.41) is 18.1. The molecule has 12 nitrogen and oxygen atoms in total. The Morgan fingerprint density at radius 1 is 0.745 bits per heavy atom. The van der Waals surface area contributed by atoms with Crippen LogP contribution in [0.4, 0.5) is 0 Å². The second kappa shape index (κ2) is 13.7. The first kappa shape index (κ1) is 35.7. The molecule has 2 aliphatic heterocycles. The molecule has 3 aliphatic rings. The van der Waals surface area contributed by atoms with Crippen molar-refractivity contribution < 1.29 is 35.8 Å². The number of benzene rings is 2. The Hall–Kier alpha value is -2.61. The van der Waals surface area contributed by atoms with Gasteiger partial charge in [0.1, 0.15) is 11.4 Å². The minimum Gasteiger partial charge on any atom is -0.410 e. The Morgan fingerprint density at radius 2 is 1.17 bits per heavy atom. The Labute approximate surface area is 278 Å². The van der Waals surface area contributed by atoms with Crippen LogP contribution in [0.25, 0.3) is 0 Å². The highest BCUT2D eigenvalue weighted by Gasteiger charge is 2.37. The Morgan fingerprint density at radius 3 is 1.53 bits per heavy atom. The molecule has 0 aromatic heterocycles. The molecule has 0 radical (unpaired) electrons. The molecule has 2 aromatic rings. The van der Waals surface area contributed by atoms with Gasteiger partial charge in [0.15, 0.2) is 0 Å². The molecule has 2 saturated heterocycles. The molecule has 1 N–H and O–H groups in total. The molecule has 47 heavy (non-hydrogen) atoms. The molecule has 1 aliphatic carbocycles. The van der Waals surface area contributed by atoms with E-state index in [1.807, 2.05) is 27.7 Å². The number of rotatable bonds is 9. The maximum atomic E-state index is 14.0. The van der Waals surface area contributed by atoms with E-state index in [2.05, 4.69) is 10.3 Å². The van der Waals surface area contributed by atoms with Crippen LogP contribution in [0.3, 0.4) is 0 Å². The summed E-state index contributed by atoms with van der Waals surface area (Å²) in [5.41, 5.74) is 1.28. The average molecular weight is 709 g/mol. The molecular weight excluding hydrogens is 663 g/mol. The number of sulfonamides is 2. The minimum atomic E-state index is -3.95. The summed E-state index contributed by atoms with van der Waals surface area (Å²) in [6.07, 6.45) is 1.87. The highest BCUT2D eigenvalue weighted by Crippen LogP contribution is 2.48. The van der Waals surface area contributed by atoms with Gasteiger partial charge in [-0.25, -0.2) is 21.4 Å². The molecule has 258 valence electrons. The number of nitrogens with zero attached hydrogens (tertiary/aromatic N) is 4. The highest BCUT2D eigenvalue weighted by atomic mass is 32.2. The number of oxime groups is 2. The maximum absolute atomic E-state index is 14.0. The lowest BCUT2D eigenvalue weighted by atomic mass is 9.83. The molecule has 2 heterocycles. The third kappa shape index (κ3) is 7.09. The van der Waals surface area contributed by atoms with Crippen LogP contribution >= 0.6 is 7.60 Å². The van der Waals surface area contributed by atoms with E-state index >= 15 is 0 Å². The van der Waals surface area contributed by atoms with E-state index in [9.17, 15) is 26.6 Å². The first-order valence-electron chi connectivity index (χ1n) is 16.2. The van der Waals surface area contributed by atoms with E-state index in [0.717, 1.165) is 12.8 Å². The first-order chi connectivity index (χ1) is 22.1. The van der Waals surface area contributed by atoms with Gasteiger partial charge in [-0.2, -0.15) is 8.61 Å². The van der Waals surface area contributed by atoms with Crippen molar-refractivity contribution in [2.75, 3.05) is 38.9 Å². The summed E-state index contributed by atoms with van der Waals surface area (Å²) in [6, 6.07) is 8.85. The molecular formula is C32H45N4O8PS2. The normalized spacial score (nSPS) is 25.4. The lowest BCUT2D eigenvalue weighted by Crippen LogP contribution is -2.42. The van der Waals surface area contributed by atoms with Crippen molar-refractivity contribution in [3.8, 4) is 0 Å². The van der Waals surface area contributed by atoms with Gasteiger partial charge in [0.05, 0.1) is 22.6 Å². The summed E-state index contributed by atoms with van der Waals surface area (Å²) in [5.74, 6) is 0.740. The lowest BCUT2D eigenvalue weighted by molar-refractivity contribution is 0.220. The second-order valence-electron chi connectivity index (χ2n) is 13.3. The van der Waals surface area contributed by atoms with Gasteiger partial charge in [-0.3, -0.25) is 4.52 Å². The molecule has 1 unspecified atom stereocenters. The lowest BCUT2D eigenvalue weighted by Gasteiger charge is -2.34. The maximum Gasteiger partial charge on any atom is 0.399 e. The molecule has 2 aromatic carbocycles. The minimum absolute atomic E-state index is 0.00506. The zero-order valence-electron chi connectivity index (χ0n) is 27.8. The Bertz CT molecular complexity index is 1720. The Balaban J connectivity index is 1.68. The van der Waals surface area contributed by atoms with Crippen molar-refractivity contribution in [1.29, 1.82) is 0 Å². The number of fused-ring (bicyclic) bond motifs is 2. The fraction of sp³-hybridized carbons (Fsp3) is 0.562. The zero-order valence-corrected chi connectivity index (χ0v) is 30.3. The quantitative estimate of drug-likeness (QED) is 0.172. The molecule has 0 amide bonds. The largest absolute Gasteiger partial charge is 0.410 e. The van der Waals surface area contributed by atoms with E-state index in [1.165, 1.54) is 45.0 Å². The third-order valence-corrected chi connectivity index (χ3v) is 14.4. The van der Waals surface area contributed by atoms with Crippen LogP contribution in [-0.2, 0) is 33.8 Å². The van der Waals surface area contributed by atoms with Gasteiger partial charge in [0.25, 0.3) is 0 Å². The first-order valence-corrected chi connectivity index (χ1v) is 20.8. The average Bonchev–Trinajstić information content (AvgIpc) is 3.01. The van der Waals surface area contributed by atoms with Crippen molar-refractivity contribution in [1.82, 2.24) is 8.61 Å². The van der Waals surface area contributed by atoms with Crippen LogP contribution in [0.1, 0.15) is 76.6 Å². The molecule has 0 saturated carbocycles. The van der Waals surface area contributed by atoms with Crippen LogP contribution < -0.4 is 0 Å². The van der Waals surface area contributed by atoms with Crippen molar-refractivity contribution >= 4 is 39.1 Å². The molecule has 2 fully saturated rings. The summed E-state index contributed by atoms with van der Waals surface area (Å²) in [4.78, 5) is -0.0101. The zero-order chi connectivity index (χ0) is 34.3. The molecule has 0 bridgehead atoms. The van der Waals surface area contributed by atoms with Gasteiger partial charge in [0.2, 0.25) is 20.0 Å². The highest BCUT2D eigenvalue weighted by molar-refractivity contribution is 7.89. The van der Waals surface area contributed by atoms with Gasteiger partial charge in [-0.05, 0) is 67.7 Å². The van der Waals surface area contributed by atoms with E-state index in [0.29, 0.717) is 37.3 Å². The SMILES string of the molecule is CCOP(=O)(CC)ON=C1c2cc(S(=O)(=O)N3C[C@H](C)C[C@H](C)C3)ccc2C(=NO)c2ccc(S(=O)(=O)N3C[C@H](C)C[C@H](C)C3)cc21. The number of piperidine rings is 2. The van der Waals surface area contributed by atoms with Crippen molar-refractivity contribution in [2.45, 2.75) is 64.2 Å². The topological polar surface area (TPSA) is 155 Å². The van der Waals surface area contributed by atoms with Gasteiger partial charge in [-0.15, -0.1) is 0 Å². The summed E-state index contributed by atoms with van der Waals surface area (Å²) >= 11 is 0. The monoisotopic (exact) mass is 708 g/mol. The molecule has 5 rings (SSSR count). The summed E-state index contributed by atoms with van der Waals surface area (Å²) in [7, 11) is -11.6. The van der Waals surface area contributed by atoms with Gasteiger partial charge in [-0.1, -0.05) is 57.1 Å². The fourth-order valence-corrected chi connectivity index (χ4v) is 11.4. The Kier molecular flexibility index (Phi) is 10.4. The smallest absolute Gasteiger partial charge is 0.399 e. The summed E-state index contributed by atoms with van der Waals surface area (Å²) in [6.45, 7) is 13.0. The second-order valence-corrected chi connectivity index (χ2v) is 19.4. The third-order valence-electron chi connectivity index (χ3n) is 9.02. The van der Waals surface area contributed by atoms with Gasteiger partial charge >= 0.3 is 7.60 Å². The van der Waals surface area contributed by atoms with E-state index in [4.69, 9.17) is 9.15 Å². The van der Waals surface area contributed by atoms with Crippen molar-refractivity contribution in [3.05, 3.63) is 58.7 Å².